The number of nitrogens with zero attached hydrogens (tertiary/aromatic N) is 2. The molecule has 1 aliphatic heterocycles. The van der Waals surface area contributed by atoms with E-state index in [-0.39, 0.29) is 25.9 Å². The molecule has 1 amide bonds. The van der Waals surface area contributed by atoms with E-state index in [9.17, 15) is 31.6 Å². The molecule has 0 saturated heterocycles. The summed E-state index contributed by atoms with van der Waals surface area (Å²) in [5.74, 6) is -0.429. The molecule has 3 rings (SSSR count). The standard InChI is InChI=1S/C18H22F3IN2O4S/c19-18(20,21)15-4-3-14-10-23(8-5-13(14)9-15)29(27,28)11-16(24(26)12-25)17(22)6-1-2-7-17/h3-4,9,12,16,26H,1-2,5-8,10-11H2. The van der Waals surface area contributed by atoms with E-state index in [4.69, 9.17) is 0 Å². The zero-order valence-corrected chi connectivity index (χ0v) is 18.5. The highest BCUT2D eigenvalue weighted by atomic mass is 127. The first-order valence-electron chi connectivity index (χ1n) is 9.24. The topological polar surface area (TPSA) is 77.9 Å². The van der Waals surface area contributed by atoms with Gasteiger partial charge in [-0.15, -0.1) is 0 Å². The van der Waals surface area contributed by atoms with Crippen molar-refractivity contribution in [3.8, 4) is 0 Å². The molecule has 11 heteroatoms. The first-order valence-corrected chi connectivity index (χ1v) is 11.9. The zero-order valence-electron chi connectivity index (χ0n) is 15.5. The Labute approximate surface area is 181 Å². The minimum atomic E-state index is -4.44. The second-order valence-electron chi connectivity index (χ2n) is 7.59. The van der Waals surface area contributed by atoms with Gasteiger partial charge in [-0.25, -0.2) is 13.5 Å². The largest absolute Gasteiger partial charge is 0.416 e. The lowest BCUT2D eigenvalue weighted by atomic mass is 9.98. The van der Waals surface area contributed by atoms with Crippen LogP contribution in [0.2, 0.25) is 0 Å². The summed E-state index contributed by atoms with van der Waals surface area (Å²) in [6.07, 6.45) is -0.863. The summed E-state index contributed by atoms with van der Waals surface area (Å²) in [5, 5.41) is 10.5. The summed E-state index contributed by atoms with van der Waals surface area (Å²) < 4.78 is 65.5. The van der Waals surface area contributed by atoms with Crippen molar-refractivity contribution in [2.24, 2.45) is 0 Å². The lowest BCUT2D eigenvalue weighted by Gasteiger charge is -2.37. The lowest BCUT2D eigenvalue weighted by molar-refractivity contribution is -0.160. The van der Waals surface area contributed by atoms with Gasteiger partial charge in [0.2, 0.25) is 16.4 Å². The van der Waals surface area contributed by atoms with Crippen LogP contribution in [0.5, 0.6) is 0 Å². The molecule has 1 N–H and O–H groups in total. The van der Waals surface area contributed by atoms with E-state index in [1.54, 1.807) is 0 Å². The number of sulfonamides is 1. The molecule has 0 spiro atoms. The highest BCUT2D eigenvalue weighted by molar-refractivity contribution is 14.1. The maximum atomic E-state index is 13.0. The van der Waals surface area contributed by atoms with Crippen LogP contribution in [0.4, 0.5) is 13.2 Å². The average molecular weight is 546 g/mol. The molecule has 29 heavy (non-hydrogen) atoms. The van der Waals surface area contributed by atoms with Crippen molar-refractivity contribution in [3.05, 3.63) is 34.9 Å². The van der Waals surface area contributed by atoms with E-state index in [1.165, 1.54) is 10.4 Å². The van der Waals surface area contributed by atoms with Crippen LogP contribution in [0.25, 0.3) is 0 Å². The predicted molar refractivity (Wildman–Crippen MR) is 108 cm³/mol. The predicted octanol–water partition coefficient (Wildman–Crippen LogP) is 3.36. The van der Waals surface area contributed by atoms with Crippen LogP contribution in [0.3, 0.4) is 0 Å². The van der Waals surface area contributed by atoms with Gasteiger partial charge in [0, 0.05) is 16.5 Å². The van der Waals surface area contributed by atoms with Gasteiger partial charge in [-0.2, -0.15) is 17.5 Å². The average Bonchev–Trinajstić information content (AvgIpc) is 3.11. The Hall–Kier alpha value is -0.920. The number of carbonyl (C=O) groups excluding carboxylic acids is 1. The summed E-state index contributed by atoms with van der Waals surface area (Å²) in [6.45, 7) is 0.0351. The summed E-state index contributed by atoms with van der Waals surface area (Å²) in [6, 6.07) is 2.46. The van der Waals surface area contributed by atoms with E-state index in [1.807, 2.05) is 0 Å². The van der Waals surface area contributed by atoms with Crippen LogP contribution >= 0.6 is 22.6 Å². The number of amides is 1. The Morgan fingerprint density at radius 1 is 1.28 bits per heavy atom. The third kappa shape index (κ3) is 4.88. The molecule has 1 unspecified atom stereocenters. The number of hydrogen-bond donors (Lipinski definition) is 1. The van der Waals surface area contributed by atoms with Gasteiger partial charge >= 0.3 is 6.18 Å². The molecule has 1 atom stereocenters. The second kappa shape index (κ2) is 8.31. The normalized spacial score (nSPS) is 20.9. The number of carbonyl (C=O) groups is 1. The highest BCUT2D eigenvalue weighted by Crippen LogP contribution is 2.43. The fraction of sp³-hybridized carbons (Fsp3) is 0.611. The van der Waals surface area contributed by atoms with Gasteiger partial charge in [-0.1, -0.05) is 41.5 Å². The van der Waals surface area contributed by atoms with Crippen LogP contribution in [-0.4, -0.2) is 51.2 Å². The molecule has 0 bridgehead atoms. The molecule has 1 heterocycles. The molecular weight excluding hydrogens is 524 g/mol. The summed E-state index contributed by atoms with van der Waals surface area (Å²) in [4.78, 5) is 11.2. The summed E-state index contributed by atoms with van der Waals surface area (Å²) in [5.41, 5.74) is 0.272. The Morgan fingerprint density at radius 3 is 2.52 bits per heavy atom. The molecule has 6 nitrogen and oxygen atoms in total. The molecule has 162 valence electrons. The number of hydrogen-bond acceptors (Lipinski definition) is 4. The second-order valence-corrected chi connectivity index (χ2v) is 11.7. The molecule has 0 aromatic heterocycles. The van der Waals surface area contributed by atoms with Crippen molar-refractivity contribution >= 4 is 39.0 Å². The molecule has 2 aliphatic rings. The fourth-order valence-electron chi connectivity index (χ4n) is 4.08. The quantitative estimate of drug-likeness (QED) is 0.195. The van der Waals surface area contributed by atoms with Gasteiger partial charge < -0.3 is 0 Å². The number of fused-ring (bicyclic) bond motifs is 1. The van der Waals surface area contributed by atoms with Crippen LogP contribution in [-0.2, 0) is 34.0 Å². The Bertz CT molecular complexity index is 872. The van der Waals surface area contributed by atoms with Gasteiger partial charge in [0.1, 0.15) is 0 Å². The third-order valence-electron chi connectivity index (χ3n) is 5.73. The SMILES string of the molecule is O=CN(O)C(CS(=O)(=O)N1CCc2cc(C(F)(F)F)ccc2C1)C1(I)CCCC1. The van der Waals surface area contributed by atoms with Gasteiger partial charge in [0.15, 0.2) is 0 Å². The van der Waals surface area contributed by atoms with E-state index in [0.717, 1.165) is 25.0 Å². The van der Waals surface area contributed by atoms with E-state index < -0.39 is 37.0 Å². The Balaban J connectivity index is 1.80. The maximum Gasteiger partial charge on any atom is 0.416 e. The van der Waals surface area contributed by atoms with Crippen molar-refractivity contribution in [1.82, 2.24) is 9.37 Å². The zero-order chi connectivity index (χ0) is 21.4. The van der Waals surface area contributed by atoms with Gasteiger partial charge in [-0.05, 0) is 42.5 Å². The minimum absolute atomic E-state index is 0.0245. The third-order valence-corrected chi connectivity index (χ3v) is 9.37. The first-order chi connectivity index (χ1) is 13.5. The Kier molecular flexibility index (Phi) is 6.52. The minimum Gasteiger partial charge on any atom is -0.286 e. The fourth-order valence-corrected chi connectivity index (χ4v) is 7.43. The number of benzene rings is 1. The lowest BCUT2D eigenvalue weighted by Crippen LogP contribution is -2.52. The number of alkyl halides is 4. The number of hydroxylamine groups is 2. The molecule has 1 aromatic carbocycles. The monoisotopic (exact) mass is 546 g/mol. The van der Waals surface area contributed by atoms with Crippen molar-refractivity contribution in [2.45, 2.75) is 54.3 Å². The smallest absolute Gasteiger partial charge is 0.286 e. The van der Waals surface area contributed by atoms with E-state index in [0.29, 0.717) is 29.0 Å². The number of rotatable bonds is 6. The van der Waals surface area contributed by atoms with Crippen LogP contribution < -0.4 is 0 Å². The first kappa shape index (κ1) is 22.8. The molecule has 0 radical (unpaired) electrons. The van der Waals surface area contributed by atoms with Crippen molar-refractivity contribution in [1.29, 1.82) is 0 Å². The molecule has 1 aliphatic carbocycles. The van der Waals surface area contributed by atoms with Crippen molar-refractivity contribution < 1.29 is 31.6 Å². The molecular formula is C18H22F3IN2O4S. The van der Waals surface area contributed by atoms with Crippen LogP contribution in [0.15, 0.2) is 18.2 Å². The Morgan fingerprint density at radius 2 is 1.93 bits per heavy atom. The van der Waals surface area contributed by atoms with Gasteiger partial charge in [-0.3, -0.25) is 10.0 Å². The number of halogens is 4. The molecule has 1 fully saturated rings. The van der Waals surface area contributed by atoms with Crippen molar-refractivity contribution in [3.63, 3.8) is 0 Å². The van der Waals surface area contributed by atoms with E-state index in [2.05, 4.69) is 22.6 Å². The van der Waals surface area contributed by atoms with Gasteiger partial charge in [0.05, 0.1) is 17.4 Å². The molecule has 1 saturated carbocycles. The summed E-state index contributed by atoms with van der Waals surface area (Å²) in [7, 11) is -3.85. The van der Waals surface area contributed by atoms with E-state index >= 15 is 0 Å². The maximum absolute atomic E-state index is 13.0. The van der Waals surface area contributed by atoms with Crippen LogP contribution in [0.1, 0.15) is 42.4 Å². The highest BCUT2D eigenvalue weighted by Gasteiger charge is 2.45. The molecule has 1 aromatic rings. The van der Waals surface area contributed by atoms with Crippen LogP contribution in [0, 0.1) is 0 Å². The summed E-state index contributed by atoms with van der Waals surface area (Å²) >= 11 is 2.14. The van der Waals surface area contributed by atoms with Gasteiger partial charge in [0.25, 0.3) is 0 Å². The van der Waals surface area contributed by atoms with Crippen molar-refractivity contribution in [2.75, 3.05) is 12.3 Å².